The van der Waals surface area contributed by atoms with E-state index in [2.05, 4.69) is 6.58 Å². The van der Waals surface area contributed by atoms with Crippen LogP contribution in [0.4, 0.5) is 0 Å². The van der Waals surface area contributed by atoms with Gasteiger partial charge in [0, 0.05) is 16.9 Å². The molecule has 1 aliphatic carbocycles. The molecule has 0 fully saturated rings. The first-order chi connectivity index (χ1) is 9.07. The molecule has 0 saturated heterocycles. The van der Waals surface area contributed by atoms with E-state index in [0.717, 1.165) is 0 Å². The first-order valence-electron chi connectivity index (χ1n) is 6.70. The molecule has 0 spiro atoms. The number of hydrogen-bond acceptors (Lipinski definition) is 3. The summed E-state index contributed by atoms with van der Waals surface area (Å²) in [6, 6.07) is 0. The van der Waals surface area contributed by atoms with E-state index in [-0.39, 0.29) is 18.0 Å². The van der Waals surface area contributed by atoms with Gasteiger partial charge < -0.3 is 5.11 Å². The summed E-state index contributed by atoms with van der Waals surface area (Å²) >= 11 is 0. The lowest BCUT2D eigenvalue weighted by Crippen LogP contribution is -2.52. The summed E-state index contributed by atoms with van der Waals surface area (Å²) in [5, 5.41) is 9.04. The van der Waals surface area contributed by atoms with Crippen molar-refractivity contribution in [2.45, 2.75) is 40.5 Å². The predicted octanol–water partition coefficient (Wildman–Crippen LogP) is 2.78. The molecule has 110 valence electrons. The van der Waals surface area contributed by atoms with Crippen molar-refractivity contribution in [2.75, 3.05) is 0 Å². The molecule has 0 aliphatic heterocycles. The van der Waals surface area contributed by atoms with Crippen LogP contribution in [0.25, 0.3) is 0 Å². The van der Waals surface area contributed by atoms with E-state index in [9.17, 15) is 14.4 Å². The van der Waals surface area contributed by atoms with Crippen molar-refractivity contribution in [3.05, 3.63) is 24.3 Å². The van der Waals surface area contributed by atoms with Crippen molar-refractivity contribution >= 4 is 17.5 Å². The number of rotatable bonds is 5. The van der Waals surface area contributed by atoms with Crippen LogP contribution in [0.15, 0.2) is 24.3 Å². The number of ketones is 2. The first-order valence-corrected chi connectivity index (χ1v) is 6.70. The molecule has 0 aromatic rings. The van der Waals surface area contributed by atoms with E-state index < -0.39 is 22.7 Å². The average molecular weight is 278 g/mol. The zero-order chi connectivity index (χ0) is 15.7. The fourth-order valence-corrected chi connectivity index (χ4v) is 2.93. The molecule has 1 rings (SSSR count). The monoisotopic (exact) mass is 278 g/mol. The summed E-state index contributed by atoms with van der Waals surface area (Å²) in [4.78, 5) is 36.0. The highest BCUT2D eigenvalue weighted by atomic mass is 16.4. The summed E-state index contributed by atoms with van der Waals surface area (Å²) in [5.41, 5.74) is -1.35. The highest BCUT2D eigenvalue weighted by Crippen LogP contribution is 2.51. The highest BCUT2D eigenvalue weighted by molar-refractivity contribution is 6.12. The van der Waals surface area contributed by atoms with E-state index in [4.69, 9.17) is 5.11 Å². The van der Waals surface area contributed by atoms with Gasteiger partial charge in [-0.2, -0.15) is 0 Å². The molecule has 0 amide bonds. The van der Waals surface area contributed by atoms with Gasteiger partial charge >= 0.3 is 5.97 Å². The Kier molecular flexibility index (Phi) is 4.37. The van der Waals surface area contributed by atoms with Crippen molar-refractivity contribution < 1.29 is 19.5 Å². The SMILES string of the molecule is C=CCC1=CC(=O)C(C)(C(C)(C)CC(=O)O)C(C)C1=O. The smallest absolute Gasteiger partial charge is 0.303 e. The maximum Gasteiger partial charge on any atom is 0.303 e. The summed E-state index contributed by atoms with van der Waals surface area (Å²) in [6.07, 6.45) is 3.17. The Bertz CT molecular complexity index is 499. The van der Waals surface area contributed by atoms with Crippen LogP contribution in [0, 0.1) is 16.7 Å². The minimum atomic E-state index is -1.01. The Morgan fingerprint density at radius 3 is 2.50 bits per heavy atom. The molecule has 0 radical (unpaired) electrons. The summed E-state index contributed by atoms with van der Waals surface area (Å²) in [5.74, 6) is -1.77. The third kappa shape index (κ3) is 2.47. The zero-order valence-corrected chi connectivity index (χ0v) is 12.5. The van der Waals surface area contributed by atoms with E-state index >= 15 is 0 Å². The van der Waals surface area contributed by atoms with Crippen molar-refractivity contribution in [2.24, 2.45) is 16.7 Å². The van der Waals surface area contributed by atoms with Gasteiger partial charge in [0.25, 0.3) is 0 Å². The number of allylic oxidation sites excluding steroid dienone is 3. The second-order valence-corrected chi connectivity index (χ2v) is 6.27. The predicted molar refractivity (Wildman–Crippen MR) is 76.2 cm³/mol. The number of carbonyl (C=O) groups excluding carboxylic acids is 2. The maximum atomic E-state index is 12.5. The van der Waals surface area contributed by atoms with Crippen LogP contribution in [0.2, 0.25) is 0 Å². The minimum absolute atomic E-state index is 0.0922. The van der Waals surface area contributed by atoms with Crippen LogP contribution in [0.5, 0.6) is 0 Å². The number of Topliss-reactive ketones (excluding diaryl/α,β-unsaturated/α-hetero) is 1. The van der Waals surface area contributed by atoms with Gasteiger partial charge in [-0.1, -0.05) is 33.8 Å². The van der Waals surface area contributed by atoms with Crippen LogP contribution in [0.1, 0.15) is 40.5 Å². The molecular formula is C16H22O4. The van der Waals surface area contributed by atoms with Crippen molar-refractivity contribution in [1.29, 1.82) is 0 Å². The van der Waals surface area contributed by atoms with E-state index in [1.54, 1.807) is 33.8 Å². The number of carbonyl (C=O) groups is 3. The lowest BCUT2D eigenvalue weighted by atomic mass is 9.53. The molecule has 0 aromatic carbocycles. The molecule has 4 nitrogen and oxygen atoms in total. The van der Waals surface area contributed by atoms with Crippen LogP contribution < -0.4 is 0 Å². The Balaban J connectivity index is 3.31. The summed E-state index contributed by atoms with van der Waals surface area (Å²) in [7, 11) is 0. The first kappa shape index (κ1) is 16.3. The van der Waals surface area contributed by atoms with Gasteiger partial charge in [0.15, 0.2) is 11.6 Å². The lowest BCUT2D eigenvalue weighted by Gasteiger charge is -2.47. The van der Waals surface area contributed by atoms with Crippen molar-refractivity contribution in [3.8, 4) is 0 Å². The minimum Gasteiger partial charge on any atom is -0.481 e. The second kappa shape index (κ2) is 5.35. The molecule has 4 heteroatoms. The quantitative estimate of drug-likeness (QED) is 0.785. The highest BCUT2D eigenvalue weighted by Gasteiger charge is 2.54. The average Bonchev–Trinajstić information content (AvgIpc) is 2.31. The van der Waals surface area contributed by atoms with Crippen LogP contribution in [-0.2, 0) is 14.4 Å². The molecule has 2 atom stereocenters. The van der Waals surface area contributed by atoms with Crippen LogP contribution >= 0.6 is 0 Å². The molecular weight excluding hydrogens is 256 g/mol. The Morgan fingerprint density at radius 2 is 2.05 bits per heavy atom. The third-order valence-electron chi connectivity index (χ3n) is 4.76. The maximum absolute atomic E-state index is 12.5. The second-order valence-electron chi connectivity index (χ2n) is 6.27. The van der Waals surface area contributed by atoms with E-state index in [0.29, 0.717) is 12.0 Å². The van der Waals surface area contributed by atoms with Crippen molar-refractivity contribution in [3.63, 3.8) is 0 Å². The Hall–Kier alpha value is -1.71. The van der Waals surface area contributed by atoms with Crippen molar-refractivity contribution in [1.82, 2.24) is 0 Å². The van der Waals surface area contributed by atoms with Gasteiger partial charge in [0.2, 0.25) is 0 Å². The Morgan fingerprint density at radius 1 is 1.50 bits per heavy atom. The van der Waals surface area contributed by atoms with E-state index in [1.807, 2.05) is 0 Å². The molecule has 2 unspecified atom stereocenters. The lowest BCUT2D eigenvalue weighted by molar-refractivity contribution is -0.150. The summed E-state index contributed by atoms with van der Waals surface area (Å²) in [6.45, 7) is 10.4. The van der Waals surface area contributed by atoms with E-state index in [1.165, 1.54) is 6.08 Å². The topological polar surface area (TPSA) is 71.4 Å². The summed E-state index contributed by atoms with van der Waals surface area (Å²) < 4.78 is 0. The standard InChI is InChI=1S/C16H22O4/c1-6-7-11-8-12(17)16(5,10(2)14(11)20)15(3,4)9-13(18)19/h6,8,10H,1,7,9H2,2-5H3,(H,18,19). The molecule has 1 aliphatic rings. The van der Waals surface area contributed by atoms with Gasteiger partial charge in [0.1, 0.15) is 0 Å². The Labute approximate surface area is 119 Å². The number of carboxylic acids is 1. The zero-order valence-electron chi connectivity index (χ0n) is 12.5. The van der Waals surface area contributed by atoms with Crippen LogP contribution in [0.3, 0.4) is 0 Å². The fraction of sp³-hybridized carbons (Fsp3) is 0.562. The number of carboxylic acid groups (broad SMARTS) is 1. The van der Waals surface area contributed by atoms with Gasteiger partial charge in [-0.25, -0.2) is 0 Å². The largest absolute Gasteiger partial charge is 0.481 e. The molecule has 0 heterocycles. The molecule has 0 saturated carbocycles. The van der Waals surface area contributed by atoms with Crippen LogP contribution in [-0.4, -0.2) is 22.6 Å². The van der Waals surface area contributed by atoms with Gasteiger partial charge in [-0.05, 0) is 17.9 Å². The van der Waals surface area contributed by atoms with Gasteiger partial charge in [-0.3, -0.25) is 14.4 Å². The molecule has 20 heavy (non-hydrogen) atoms. The molecule has 0 bridgehead atoms. The third-order valence-corrected chi connectivity index (χ3v) is 4.76. The van der Waals surface area contributed by atoms with Gasteiger partial charge in [-0.15, -0.1) is 6.58 Å². The normalized spacial score (nSPS) is 27.2. The van der Waals surface area contributed by atoms with Gasteiger partial charge in [0.05, 0.1) is 6.42 Å². The number of hydrogen-bond donors (Lipinski definition) is 1. The number of aliphatic carboxylic acids is 1. The fourth-order valence-electron chi connectivity index (χ4n) is 2.93. The molecule has 0 aromatic heterocycles. The molecule has 1 N–H and O–H groups in total.